The Balaban J connectivity index is 3.40. The van der Waals surface area contributed by atoms with Crippen molar-refractivity contribution in [2.24, 2.45) is 0 Å². The van der Waals surface area contributed by atoms with Crippen molar-refractivity contribution in [2.45, 2.75) is 20.3 Å². The van der Waals surface area contributed by atoms with Crippen LogP contribution < -0.4 is 0 Å². The molecule has 0 aromatic carbocycles. The lowest BCUT2D eigenvalue weighted by Gasteiger charge is -1.88. The summed E-state index contributed by atoms with van der Waals surface area (Å²) < 4.78 is 0. The van der Waals surface area contributed by atoms with Gasteiger partial charge in [0.05, 0.1) is 5.76 Å². The van der Waals surface area contributed by atoms with Crippen LogP contribution in [0.25, 0.3) is 0 Å². The van der Waals surface area contributed by atoms with E-state index >= 15 is 0 Å². The molecule has 0 radical (unpaired) electrons. The molecule has 46 valence electrons. The molecule has 0 fully saturated rings. The predicted molar refractivity (Wildman–Crippen MR) is 35.8 cm³/mol. The molecule has 0 aromatic rings. The highest BCUT2D eigenvalue weighted by molar-refractivity contribution is 4.96. The van der Waals surface area contributed by atoms with E-state index in [4.69, 9.17) is 5.11 Å². The molecule has 1 N–H and O–H groups in total. The Bertz CT molecular complexity index is 101. The van der Waals surface area contributed by atoms with Gasteiger partial charge < -0.3 is 5.11 Å². The molecule has 1 heteroatoms. The van der Waals surface area contributed by atoms with Crippen LogP contribution >= 0.6 is 0 Å². The smallest absolute Gasteiger partial charge is 0.0917 e. The summed E-state index contributed by atoms with van der Waals surface area (Å²) in [5.41, 5.74) is 0. The van der Waals surface area contributed by atoms with Gasteiger partial charge in [0.15, 0.2) is 0 Å². The first-order valence-electron chi connectivity index (χ1n) is 2.76. The molecule has 0 bridgehead atoms. The fraction of sp³-hybridized carbons (Fsp3) is 0.429. The van der Waals surface area contributed by atoms with Crippen molar-refractivity contribution in [1.82, 2.24) is 0 Å². The minimum absolute atomic E-state index is 0.433. The molecule has 0 aliphatic heterocycles. The van der Waals surface area contributed by atoms with Gasteiger partial charge in [0, 0.05) is 6.42 Å². The molecule has 0 atom stereocenters. The zero-order valence-corrected chi connectivity index (χ0v) is 5.39. The van der Waals surface area contributed by atoms with Gasteiger partial charge in [-0.3, -0.25) is 0 Å². The summed E-state index contributed by atoms with van der Waals surface area (Å²) in [6.07, 6.45) is 6.18. The summed E-state index contributed by atoms with van der Waals surface area (Å²) in [4.78, 5) is 0. The predicted octanol–water partition coefficient (Wildman–Crippen LogP) is 2.41. The average molecular weight is 112 g/mol. The van der Waals surface area contributed by atoms with Crippen molar-refractivity contribution in [3.05, 3.63) is 24.0 Å². The number of rotatable bonds is 2. The van der Waals surface area contributed by atoms with E-state index in [1.807, 2.05) is 26.0 Å². The first-order valence-corrected chi connectivity index (χ1v) is 2.76. The first-order chi connectivity index (χ1) is 3.81. The molecule has 0 rings (SSSR count). The van der Waals surface area contributed by atoms with Gasteiger partial charge in [-0.05, 0) is 19.9 Å². The molecule has 0 heterocycles. The van der Waals surface area contributed by atoms with E-state index in [9.17, 15) is 0 Å². The van der Waals surface area contributed by atoms with Crippen molar-refractivity contribution in [3.63, 3.8) is 0 Å². The summed E-state index contributed by atoms with van der Waals surface area (Å²) >= 11 is 0. The molecule has 0 aliphatic carbocycles. The fourth-order valence-corrected chi connectivity index (χ4v) is 0.356. The third-order valence-electron chi connectivity index (χ3n) is 0.896. The SMILES string of the molecule is C/C=C(\O)C/C=C/C. The van der Waals surface area contributed by atoms with Crippen molar-refractivity contribution in [3.8, 4) is 0 Å². The Kier molecular flexibility index (Phi) is 4.04. The summed E-state index contributed by atoms with van der Waals surface area (Å²) in [5, 5.41) is 8.80. The minimum atomic E-state index is 0.433. The van der Waals surface area contributed by atoms with Gasteiger partial charge in [-0.15, -0.1) is 0 Å². The minimum Gasteiger partial charge on any atom is -0.512 e. The highest BCUT2D eigenvalue weighted by atomic mass is 16.3. The largest absolute Gasteiger partial charge is 0.512 e. The lowest BCUT2D eigenvalue weighted by Crippen LogP contribution is -1.73. The van der Waals surface area contributed by atoms with E-state index in [2.05, 4.69) is 0 Å². The van der Waals surface area contributed by atoms with Crippen LogP contribution in [0.5, 0.6) is 0 Å². The molecule has 0 unspecified atom stereocenters. The van der Waals surface area contributed by atoms with Crippen LogP contribution in [0.4, 0.5) is 0 Å². The van der Waals surface area contributed by atoms with Crippen LogP contribution in [0.1, 0.15) is 20.3 Å². The maximum Gasteiger partial charge on any atom is 0.0917 e. The lowest BCUT2D eigenvalue weighted by atomic mass is 10.3. The maximum absolute atomic E-state index is 8.80. The summed E-state index contributed by atoms with van der Waals surface area (Å²) in [6.45, 7) is 3.75. The maximum atomic E-state index is 8.80. The zero-order chi connectivity index (χ0) is 6.41. The van der Waals surface area contributed by atoms with Gasteiger partial charge in [-0.2, -0.15) is 0 Å². The molecule has 0 saturated heterocycles. The number of aliphatic hydroxyl groups excluding tert-OH is 1. The summed E-state index contributed by atoms with van der Waals surface area (Å²) in [5.74, 6) is 0.433. The van der Waals surface area contributed by atoms with E-state index in [0.717, 1.165) is 0 Å². The Labute approximate surface area is 50.3 Å². The van der Waals surface area contributed by atoms with Crippen LogP contribution in [-0.4, -0.2) is 5.11 Å². The standard InChI is InChI=1S/C7H12O/c1-3-5-6-7(8)4-2/h3-5,8H,6H2,1-2H3/b5-3+,7-4-. The van der Waals surface area contributed by atoms with Gasteiger partial charge >= 0.3 is 0 Å². The van der Waals surface area contributed by atoms with Gasteiger partial charge in [0.2, 0.25) is 0 Å². The van der Waals surface area contributed by atoms with E-state index in [1.165, 1.54) is 0 Å². The number of hydrogen-bond donors (Lipinski definition) is 1. The summed E-state index contributed by atoms with van der Waals surface area (Å²) in [7, 11) is 0. The Morgan fingerprint density at radius 1 is 1.50 bits per heavy atom. The zero-order valence-electron chi connectivity index (χ0n) is 5.39. The van der Waals surface area contributed by atoms with Crippen LogP contribution in [0.3, 0.4) is 0 Å². The molecule has 0 amide bonds. The van der Waals surface area contributed by atoms with E-state index < -0.39 is 0 Å². The molecule has 1 nitrogen and oxygen atoms in total. The van der Waals surface area contributed by atoms with Crippen molar-refractivity contribution in [1.29, 1.82) is 0 Å². The third-order valence-corrected chi connectivity index (χ3v) is 0.896. The van der Waals surface area contributed by atoms with Crippen LogP contribution in [0.15, 0.2) is 24.0 Å². The Hall–Kier alpha value is -0.720. The van der Waals surface area contributed by atoms with Gasteiger partial charge in [-0.1, -0.05) is 12.2 Å². The fourth-order valence-electron chi connectivity index (χ4n) is 0.356. The highest BCUT2D eigenvalue weighted by Crippen LogP contribution is 1.95. The van der Waals surface area contributed by atoms with Crippen molar-refractivity contribution >= 4 is 0 Å². The number of aliphatic hydroxyl groups is 1. The van der Waals surface area contributed by atoms with Gasteiger partial charge in [-0.25, -0.2) is 0 Å². The Morgan fingerprint density at radius 2 is 2.12 bits per heavy atom. The monoisotopic (exact) mass is 112 g/mol. The first kappa shape index (κ1) is 7.28. The second-order valence-electron chi connectivity index (χ2n) is 1.55. The molecule has 0 aliphatic rings. The molecule has 0 spiro atoms. The Morgan fingerprint density at radius 3 is 2.50 bits per heavy atom. The molecule has 0 saturated carbocycles. The molecule has 0 aromatic heterocycles. The lowest BCUT2D eigenvalue weighted by molar-refractivity contribution is 0.400. The van der Waals surface area contributed by atoms with E-state index in [-0.39, 0.29) is 0 Å². The normalized spacial score (nSPS) is 13.0. The van der Waals surface area contributed by atoms with Gasteiger partial charge in [0.25, 0.3) is 0 Å². The van der Waals surface area contributed by atoms with Crippen LogP contribution in [0, 0.1) is 0 Å². The van der Waals surface area contributed by atoms with Crippen molar-refractivity contribution in [2.75, 3.05) is 0 Å². The van der Waals surface area contributed by atoms with Crippen LogP contribution in [0.2, 0.25) is 0 Å². The topological polar surface area (TPSA) is 20.2 Å². The number of hydrogen-bond acceptors (Lipinski definition) is 1. The average Bonchev–Trinajstić information content (AvgIpc) is 1.83. The van der Waals surface area contributed by atoms with Gasteiger partial charge in [0.1, 0.15) is 0 Å². The molecular weight excluding hydrogens is 100 g/mol. The highest BCUT2D eigenvalue weighted by Gasteiger charge is 1.80. The van der Waals surface area contributed by atoms with E-state index in [0.29, 0.717) is 12.2 Å². The van der Waals surface area contributed by atoms with E-state index in [1.54, 1.807) is 6.08 Å². The number of allylic oxidation sites excluding steroid dienone is 3. The van der Waals surface area contributed by atoms with Crippen LogP contribution in [-0.2, 0) is 0 Å². The molecule has 8 heavy (non-hydrogen) atoms. The second kappa shape index (κ2) is 4.44. The van der Waals surface area contributed by atoms with Crippen molar-refractivity contribution < 1.29 is 5.11 Å². The quantitative estimate of drug-likeness (QED) is 0.429. The third kappa shape index (κ3) is 3.47. The second-order valence-corrected chi connectivity index (χ2v) is 1.55. The molecular formula is C7H12O. The summed E-state index contributed by atoms with van der Waals surface area (Å²) in [6, 6.07) is 0.